The zero-order valence-corrected chi connectivity index (χ0v) is 9.58. The number of rotatable bonds is 3. The number of nitrogens with two attached hydrogens (primary N) is 1. The molecule has 0 spiro atoms. The molecule has 0 saturated heterocycles. The lowest BCUT2D eigenvalue weighted by molar-refractivity contribution is -0.138. The summed E-state index contributed by atoms with van der Waals surface area (Å²) < 4.78 is 0. The van der Waals surface area contributed by atoms with Crippen molar-refractivity contribution in [2.24, 2.45) is 5.73 Å². The molecule has 2 aromatic rings. The van der Waals surface area contributed by atoms with E-state index in [0.29, 0.717) is 0 Å². The van der Waals surface area contributed by atoms with E-state index < -0.39 is 29.3 Å². The van der Waals surface area contributed by atoms with Crippen LogP contribution in [-0.2, 0) is 11.2 Å². The molecule has 0 aliphatic rings. The van der Waals surface area contributed by atoms with Crippen LogP contribution in [-0.4, -0.2) is 42.5 Å². The summed E-state index contributed by atoms with van der Waals surface area (Å²) in [7, 11) is 0. The van der Waals surface area contributed by atoms with Crippen molar-refractivity contribution in [3.05, 3.63) is 11.6 Å². The number of hydrogen-bond donors (Lipinski definition) is 7. The number of carboxylic acids is 1. The summed E-state index contributed by atoms with van der Waals surface area (Å²) in [6, 6.07) is -0.146. The van der Waals surface area contributed by atoms with Crippen molar-refractivity contribution in [1.29, 1.82) is 0 Å². The van der Waals surface area contributed by atoms with Crippen molar-refractivity contribution in [2.75, 3.05) is 0 Å². The minimum Gasteiger partial charge on any atom is -0.504 e. The van der Waals surface area contributed by atoms with Crippen molar-refractivity contribution in [2.45, 2.75) is 12.5 Å². The molecular formula is C11H12N2O6. The van der Waals surface area contributed by atoms with E-state index in [1.165, 1.54) is 0 Å². The van der Waals surface area contributed by atoms with E-state index in [-0.39, 0.29) is 28.8 Å². The highest BCUT2D eigenvalue weighted by molar-refractivity contribution is 5.94. The molecule has 8 N–H and O–H groups in total. The zero-order valence-electron chi connectivity index (χ0n) is 9.58. The normalized spacial score (nSPS) is 12.7. The Morgan fingerprint density at radius 1 is 1.26 bits per heavy atom. The van der Waals surface area contributed by atoms with Crippen LogP contribution in [0.5, 0.6) is 23.1 Å². The van der Waals surface area contributed by atoms with Gasteiger partial charge in [0.25, 0.3) is 0 Å². The summed E-state index contributed by atoms with van der Waals surface area (Å²) in [6.07, 6.45) is -0.204. The van der Waals surface area contributed by atoms with E-state index in [9.17, 15) is 25.2 Å². The third-order valence-electron chi connectivity index (χ3n) is 2.85. The number of benzene rings is 1. The van der Waals surface area contributed by atoms with Crippen LogP contribution in [0.1, 0.15) is 5.56 Å². The largest absolute Gasteiger partial charge is 0.504 e. The van der Waals surface area contributed by atoms with E-state index in [1.54, 1.807) is 0 Å². The van der Waals surface area contributed by atoms with Gasteiger partial charge in [-0.25, -0.2) is 0 Å². The van der Waals surface area contributed by atoms with Crippen LogP contribution in [0.15, 0.2) is 6.07 Å². The van der Waals surface area contributed by atoms with Gasteiger partial charge in [-0.15, -0.1) is 0 Å². The Balaban J connectivity index is 2.62. The molecule has 2 rings (SSSR count). The molecule has 0 saturated carbocycles. The molecule has 1 unspecified atom stereocenters. The maximum absolute atomic E-state index is 10.7. The van der Waals surface area contributed by atoms with Gasteiger partial charge in [0.05, 0.1) is 5.52 Å². The fraction of sp³-hybridized carbons (Fsp3) is 0.182. The van der Waals surface area contributed by atoms with Crippen molar-refractivity contribution < 1.29 is 30.3 Å². The molecule has 0 fully saturated rings. The number of hydrogen-bond acceptors (Lipinski definition) is 6. The maximum atomic E-state index is 10.7. The van der Waals surface area contributed by atoms with E-state index in [2.05, 4.69) is 4.98 Å². The molecule has 1 atom stereocenters. The van der Waals surface area contributed by atoms with Gasteiger partial charge >= 0.3 is 5.97 Å². The van der Waals surface area contributed by atoms with Crippen molar-refractivity contribution >= 4 is 16.9 Å². The number of aromatic hydroxyl groups is 4. The molecule has 1 aromatic carbocycles. The minimum atomic E-state index is -1.25. The van der Waals surface area contributed by atoms with E-state index in [0.717, 1.165) is 6.07 Å². The Labute approximate surface area is 106 Å². The van der Waals surface area contributed by atoms with Gasteiger partial charge in [0.1, 0.15) is 6.04 Å². The van der Waals surface area contributed by atoms with Crippen LogP contribution in [0.3, 0.4) is 0 Å². The first-order valence-corrected chi connectivity index (χ1v) is 5.28. The molecule has 1 aromatic heterocycles. The molecular weight excluding hydrogens is 256 g/mol. The second kappa shape index (κ2) is 4.25. The number of aromatic nitrogens is 1. The van der Waals surface area contributed by atoms with Crippen LogP contribution < -0.4 is 5.73 Å². The predicted molar refractivity (Wildman–Crippen MR) is 64.3 cm³/mol. The van der Waals surface area contributed by atoms with Crippen molar-refractivity contribution in [1.82, 2.24) is 4.98 Å². The van der Waals surface area contributed by atoms with Crippen LogP contribution in [0.4, 0.5) is 0 Å². The number of aliphatic carboxylic acids is 1. The highest BCUT2D eigenvalue weighted by Gasteiger charge is 2.22. The Morgan fingerprint density at radius 2 is 1.89 bits per heavy atom. The first-order chi connectivity index (χ1) is 8.82. The summed E-state index contributed by atoms with van der Waals surface area (Å²) in [5, 5.41) is 47.0. The molecule has 1 heterocycles. The number of phenols is 3. The quantitative estimate of drug-likeness (QED) is 0.384. The molecule has 102 valence electrons. The Morgan fingerprint density at radius 3 is 2.47 bits per heavy atom. The minimum absolute atomic E-state index is 0.0135. The summed E-state index contributed by atoms with van der Waals surface area (Å²) in [4.78, 5) is 13.1. The van der Waals surface area contributed by atoms with Crippen LogP contribution in [0.2, 0.25) is 0 Å². The fourth-order valence-electron chi connectivity index (χ4n) is 1.84. The number of carboxylic acid groups (broad SMARTS) is 1. The van der Waals surface area contributed by atoms with Crippen LogP contribution >= 0.6 is 0 Å². The maximum Gasteiger partial charge on any atom is 0.320 e. The first-order valence-electron chi connectivity index (χ1n) is 5.28. The number of aromatic amines is 1. The van der Waals surface area contributed by atoms with E-state index in [4.69, 9.17) is 10.8 Å². The first kappa shape index (κ1) is 12.8. The molecule has 8 heteroatoms. The van der Waals surface area contributed by atoms with Crippen molar-refractivity contribution in [3.63, 3.8) is 0 Å². The highest BCUT2D eigenvalue weighted by Crippen LogP contribution is 2.43. The van der Waals surface area contributed by atoms with E-state index in [1.807, 2.05) is 0 Å². The molecule has 0 aliphatic heterocycles. The molecule has 0 radical (unpaired) electrons. The van der Waals surface area contributed by atoms with Gasteiger partial charge in [0.2, 0.25) is 5.75 Å². The predicted octanol–water partition coefficient (Wildman–Crippen LogP) is -0.0553. The second-order valence-corrected chi connectivity index (χ2v) is 4.12. The zero-order chi connectivity index (χ0) is 14.3. The molecule has 0 bridgehead atoms. The van der Waals surface area contributed by atoms with Crippen LogP contribution in [0, 0.1) is 0 Å². The van der Waals surface area contributed by atoms with Crippen LogP contribution in [0.25, 0.3) is 10.9 Å². The Kier molecular flexibility index (Phi) is 2.87. The van der Waals surface area contributed by atoms with Gasteiger partial charge in [0.15, 0.2) is 17.4 Å². The van der Waals surface area contributed by atoms with Crippen molar-refractivity contribution in [3.8, 4) is 23.1 Å². The fourth-order valence-corrected chi connectivity index (χ4v) is 1.84. The SMILES string of the molecule is NC(Cc1c(O)[nH]c2c(O)c(O)c(O)cc12)C(=O)O. The average molecular weight is 268 g/mol. The smallest absolute Gasteiger partial charge is 0.320 e. The molecule has 0 amide bonds. The van der Waals surface area contributed by atoms with E-state index >= 15 is 0 Å². The van der Waals surface area contributed by atoms with Gasteiger partial charge in [0, 0.05) is 17.4 Å². The van der Waals surface area contributed by atoms with Gasteiger partial charge in [-0.1, -0.05) is 0 Å². The molecule has 19 heavy (non-hydrogen) atoms. The molecule has 0 aliphatic carbocycles. The molecule has 8 nitrogen and oxygen atoms in total. The second-order valence-electron chi connectivity index (χ2n) is 4.12. The number of H-pyrrole nitrogens is 1. The van der Waals surface area contributed by atoms with Gasteiger partial charge in [-0.3, -0.25) is 4.79 Å². The Hall–Kier alpha value is -2.61. The third kappa shape index (κ3) is 1.97. The average Bonchev–Trinajstić information content (AvgIpc) is 2.64. The third-order valence-corrected chi connectivity index (χ3v) is 2.85. The number of nitrogens with one attached hydrogen (secondary N) is 1. The summed E-state index contributed by atoms with van der Waals surface area (Å²) in [5.41, 5.74) is 5.50. The number of carbonyl (C=O) groups is 1. The number of phenolic OH excluding ortho intramolecular Hbond substituents is 3. The summed E-state index contributed by atoms with van der Waals surface area (Å²) >= 11 is 0. The Bertz CT molecular complexity index is 663. The lowest BCUT2D eigenvalue weighted by Gasteiger charge is -2.06. The van der Waals surface area contributed by atoms with Gasteiger partial charge < -0.3 is 36.3 Å². The topological polar surface area (TPSA) is 160 Å². The summed E-state index contributed by atoms with van der Waals surface area (Å²) in [5.74, 6) is -3.59. The lowest BCUT2D eigenvalue weighted by atomic mass is 10.0. The van der Waals surface area contributed by atoms with Gasteiger partial charge in [-0.05, 0) is 6.07 Å². The summed E-state index contributed by atoms with van der Waals surface area (Å²) in [6.45, 7) is 0. The van der Waals surface area contributed by atoms with Gasteiger partial charge in [-0.2, -0.15) is 0 Å². The lowest BCUT2D eigenvalue weighted by Crippen LogP contribution is -2.32. The number of fused-ring (bicyclic) bond motifs is 1. The standard InChI is InChI=1S/C11H12N2O6/c12-5(11(18)19)1-4-3-2-6(14)8(15)9(16)7(3)13-10(4)17/h2,5,13-17H,1,12H2,(H,18,19). The highest BCUT2D eigenvalue weighted by atomic mass is 16.4. The monoisotopic (exact) mass is 268 g/mol.